The summed E-state index contributed by atoms with van der Waals surface area (Å²) in [4.78, 5) is 2.67. The number of nitrogens with zero attached hydrogens (tertiary/aromatic N) is 1. The number of hydrogen-bond acceptors (Lipinski definition) is 2. The van der Waals surface area contributed by atoms with Gasteiger partial charge in [-0.15, -0.1) is 0 Å². The van der Waals surface area contributed by atoms with E-state index in [0.29, 0.717) is 6.10 Å². The maximum atomic E-state index is 5.30. The van der Waals surface area contributed by atoms with Crippen molar-refractivity contribution in [1.82, 2.24) is 4.90 Å². The summed E-state index contributed by atoms with van der Waals surface area (Å²) in [7, 11) is 1.83. The van der Waals surface area contributed by atoms with Gasteiger partial charge in [-0.2, -0.15) is 0 Å². The lowest BCUT2D eigenvalue weighted by atomic mass is 9.88. The second-order valence-electron chi connectivity index (χ2n) is 4.54. The lowest BCUT2D eigenvalue weighted by molar-refractivity contribution is -0.0211. The van der Waals surface area contributed by atoms with Crippen molar-refractivity contribution in [3.05, 3.63) is 0 Å². The van der Waals surface area contributed by atoms with Crippen molar-refractivity contribution in [2.45, 2.75) is 44.8 Å². The highest BCUT2D eigenvalue weighted by Gasteiger charge is 2.36. The van der Waals surface area contributed by atoms with Gasteiger partial charge in [0.1, 0.15) is 0 Å². The van der Waals surface area contributed by atoms with Crippen LogP contribution in [-0.4, -0.2) is 37.2 Å². The van der Waals surface area contributed by atoms with E-state index in [1.165, 1.54) is 38.8 Å². The predicted molar refractivity (Wildman–Crippen MR) is 53.8 cm³/mol. The summed E-state index contributed by atoms with van der Waals surface area (Å²) in [6.45, 7) is 4.99. The average Bonchev–Trinajstić information content (AvgIpc) is 2.51. The van der Waals surface area contributed by atoms with Crippen LogP contribution < -0.4 is 0 Å². The van der Waals surface area contributed by atoms with E-state index in [-0.39, 0.29) is 0 Å². The normalized spacial score (nSPS) is 40.6. The Hall–Kier alpha value is -0.0800. The summed E-state index contributed by atoms with van der Waals surface area (Å²) >= 11 is 0. The van der Waals surface area contributed by atoms with E-state index in [9.17, 15) is 0 Å². The molecule has 2 heteroatoms. The molecule has 2 aliphatic rings. The van der Waals surface area contributed by atoms with Crippen molar-refractivity contribution >= 4 is 0 Å². The van der Waals surface area contributed by atoms with Crippen LogP contribution in [0.2, 0.25) is 0 Å². The first kappa shape index (κ1) is 9.47. The minimum absolute atomic E-state index is 0.561. The quantitative estimate of drug-likeness (QED) is 0.662. The van der Waals surface area contributed by atoms with Gasteiger partial charge in [0.15, 0.2) is 0 Å². The standard InChI is InChI=1S/C11H21NO/c1-3-9-4-5-12(8-9)10-6-11(7-10)13-2/h9-11H,3-8H2,1-2H3. The Morgan fingerprint density at radius 1 is 1.38 bits per heavy atom. The van der Waals surface area contributed by atoms with E-state index in [2.05, 4.69) is 11.8 Å². The molecule has 0 aromatic rings. The molecule has 0 spiro atoms. The van der Waals surface area contributed by atoms with Crippen molar-refractivity contribution < 1.29 is 4.74 Å². The molecule has 0 aromatic carbocycles. The Kier molecular flexibility index (Phi) is 2.89. The zero-order valence-corrected chi connectivity index (χ0v) is 8.83. The zero-order valence-electron chi connectivity index (χ0n) is 8.83. The highest BCUT2D eigenvalue weighted by molar-refractivity contribution is 4.91. The molecule has 0 radical (unpaired) electrons. The Morgan fingerprint density at radius 2 is 2.15 bits per heavy atom. The monoisotopic (exact) mass is 183 g/mol. The topological polar surface area (TPSA) is 12.5 Å². The van der Waals surface area contributed by atoms with Gasteiger partial charge in [-0.05, 0) is 31.7 Å². The van der Waals surface area contributed by atoms with Gasteiger partial charge < -0.3 is 4.74 Å². The molecule has 1 saturated carbocycles. The number of hydrogen-bond donors (Lipinski definition) is 0. The van der Waals surface area contributed by atoms with Gasteiger partial charge in [0, 0.05) is 19.7 Å². The molecule has 76 valence electrons. The molecule has 1 heterocycles. The van der Waals surface area contributed by atoms with Crippen LogP contribution in [0, 0.1) is 5.92 Å². The van der Waals surface area contributed by atoms with Gasteiger partial charge in [0.05, 0.1) is 6.10 Å². The second-order valence-corrected chi connectivity index (χ2v) is 4.54. The number of ether oxygens (including phenoxy) is 1. The van der Waals surface area contributed by atoms with Crippen LogP contribution in [0.25, 0.3) is 0 Å². The van der Waals surface area contributed by atoms with Gasteiger partial charge in [-0.3, -0.25) is 4.90 Å². The number of methoxy groups -OCH3 is 1. The minimum Gasteiger partial charge on any atom is -0.381 e. The van der Waals surface area contributed by atoms with Crippen LogP contribution in [0.4, 0.5) is 0 Å². The van der Waals surface area contributed by atoms with Crippen LogP contribution in [0.15, 0.2) is 0 Å². The first-order valence-corrected chi connectivity index (χ1v) is 5.60. The van der Waals surface area contributed by atoms with E-state index in [4.69, 9.17) is 4.74 Å². The number of rotatable bonds is 3. The molecular weight excluding hydrogens is 162 g/mol. The van der Waals surface area contributed by atoms with Gasteiger partial charge in [0.25, 0.3) is 0 Å². The minimum atomic E-state index is 0.561. The van der Waals surface area contributed by atoms with E-state index in [1.54, 1.807) is 0 Å². The summed E-state index contributed by atoms with van der Waals surface area (Å²) in [5, 5.41) is 0. The zero-order chi connectivity index (χ0) is 9.26. The summed E-state index contributed by atoms with van der Waals surface area (Å²) in [6.07, 6.45) is 5.88. The molecule has 0 bridgehead atoms. The maximum absolute atomic E-state index is 5.30. The van der Waals surface area contributed by atoms with E-state index in [0.717, 1.165) is 12.0 Å². The highest BCUT2D eigenvalue weighted by Crippen LogP contribution is 2.32. The molecule has 2 fully saturated rings. The van der Waals surface area contributed by atoms with E-state index in [1.807, 2.05) is 7.11 Å². The molecule has 0 N–H and O–H groups in total. The second kappa shape index (κ2) is 3.97. The van der Waals surface area contributed by atoms with Gasteiger partial charge in [-0.1, -0.05) is 13.3 Å². The third-order valence-corrected chi connectivity index (χ3v) is 3.81. The largest absolute Gasteiger partial charge is 0.381 e. The lowest BCUT2D eigenvalue weighted by Crippen LogP contribution is -2.46. The molecule has 2 nitrogen and oxygen atoms in total. The summed E-state index contributed by atoms with van der Waals surface area (Å²) in [5.41, 5.74) is 0. The fourth-order valence-corrected chi connectivity index (χ4v) is 2.56. The van der Waals surface area contributed by atoms with Crippen molar-refractivity contribution in [1.29, 1.82) is 0 Å². The van der Waals surface area contributed by atoms with Crippen molar-refractivity contribution in [3.63, 3.8) is 0 Å². The molecular formula is C11H21NO. The Balaban J connectivity index is 1.72. The van der Waals surface area contributed by atoms with Crippen LogP contribution in [0.3, 0.4) is 0 Å². The fourth-order valence-electron chi connectivity index (χ4n) is 2.56. The molecule has 1 saturated heterocycles. The molecule has 0 amide bonds. The van der Waals surface area contributed by atoms with Crippen molar-refractivity contribution in [3.8, 4) is 0 Å². The Labute approximate surface area is 81.3 Å². The Bertz CT molecular complexity index is 165. The van der Waals surface area contributed by atoms with Crippen LogP contribution in [0.5, 0.6) is 0 Å². The Morgan fingerprint density at radius 3 is 2.69 bits per heavy atom. The molecule has 13 heavy (non-hydrogen) atoms. The van der Waals surface area contributed by atoms with Gasteiger partial charge >= 0.3 is 0 Å². The van der Waals surface area contributed by atoms with Crippen molar-refractivity contribution in [2.75, 3.05) is 20.2 Å². The molecule has 0 aromatic heterocycles. The third-order valence-electron chi connectivity index (χ3n) is 3.81. The van der Waals surface area contributed by atoms with E-state index >= 15 is 0 Å². The maximum Gasteiger partial charge on any atom is 0.0601 e. The van der Waals surface area contributed by atoms with Crippen molar-refractivity contribution in [2.24, 2.45) is 5.92 Å². The van der Waals surface area contributed by atoms with Gasteiger partial charge in [-0.25, -0.2) is 0 Å². The summed E-state index contributed by atoms with van der Waals surface area (Å²) < 4.78 is 5.30. The molecule has 1 unspecified atom stereocenters. The smallest absolute Gasteiger partial charge is 0.0601 e. The SMILES string of the molecule is CCC1CCN(C2CC(OC)C2)C1. The van der Waals surface area contributed by atoms with Crippen LogP contribution in [-0.2, 0) is 4.74 Å². The van der Waals surface area contributed by atoms with E-state index < -0.39 is 0 Å². The molecule has 1 aliphatic carbocycles. The number of likely N-dealkylation sites (tertiary alicyclic amines) is 1. The molecule has 1 aliphatic heterocycles. The van der Waals surface area contributed by atoms with Crippen LogP contribution >= 0.6 is 0 Å². The summed E-state index contributed by atoms with van der Waals surface area (Å²) in [5.74, 6) is 0.974. The molecule has 1 atom stereocenters. The predicted octanol–water partition coefficient (Wildman–Crippen LogP) is 1.90. The van der Waals surface area contributed by atoms with Crippen LogP contribution in [0.1, 0.15) is 32.6 Å². The lowest BCUT2D eigenvalue weighted by Gasteiger charge is -2.40. The fraction of sp³-hybridized carbons (Fsp3) is 1.00. The first-order chi connectivity index (χ1) is 6.33. The molecule has 2 rings (SSSR count). The van der Waals surface area contributed by atoms with Gasteiger partial charge in [0.2, 0.25) is 0 Å². The third kappa shape index (κ3) is 1.89. The average molecular weight is 183 g/mol. The summed E-state index contributed by atoms with van der Waals surface area (Å²) in [6, 6.07) is 0.849. The highest BCUT2D eigenvalue weighted by atomic mass is 16.5. The first-order valence-electron chi connectivity index (χ1n) is 5.60.